The first-order valence-electron chi connectivity index (χ1n) is 15.7. The number of aryl methyl sites for hydroxylation is 1. The molecule has 1 atom stereocenters. The lowest BCUT2D eigenvalue weighted by atomic mass is 10.1. The summed E-state index contributed by atoms with van der Waals surface area (Å²) in [4.78, 5) is 16.6. The van der Waals surface area contributed by atoms with Crippen LogP contribution in [0.1, 0.15) is 77.6 Å². The molecule has 5 nitrogen and oxygen atoms in total. The highest BCUT2D eigenvalue weighted by Gasteiger charge is 2.30. The summed E-state index contributed by atoms with van der Waals surface area (Å²) < 4.78 is 57.2. The molecule has 0 fully saturated rings. The van der Waals surface area contributed by atoms with Gasteiger partial charge in [-0.3, -0.25) is 4.79 Å². The molecule has 2 aromatic carbocycles. The van der Waals surface area contributed by atoms with Gasteiger partial charge in [0.15, 0.2) is 0 Å². The lowest BCUT2D eigenvalue weighted by Gasteiger charge is -2.14. The Labute approximate surface area is 292 Å². The Morgan fingerprint density at radius 3 is 2.06 bits per heavy atom. The molecule has 0 aliphatic carbocycles. The van der Waals surface area contributed by atoms with Crippen LogP contribution in [0.25, 0.3) is 21.5 Å². The molecule has 0 aliphatic rings. The van der Waals surface area contributed by atoms with Gasteiger partial charge in [0.1, 0.15) is 30.1 Å². The SMILES string of the molecule is C=CC=C.CC.CC.CC.CCc1nc(-c2ccc(C(F)(F)F)cc2)sc1[C@@H](C)Oc1ccc2c(ccn2CC(=O)O)c1.FC/C=C/Cl. The van der Waals surface area contributed by atoms with E-state index in [4.69, 9.17) is 21.4 Å². The highest BCUT2D eigenvalue weighted by molar-refractivity contribution is 7.15. The molecule has 4 rings (SSSR count). The molecular weight excluding hydrogens is 664 g/mol. The van der Waals surface area contributed by atoms with E-state index in [1.807, 2.05) is 73.6 Å². The average Bonchev–Trinajstić information content (AvgIpc) is 3.72. The predicted octanol–water partition coefficient (Wildman–Crippen LogP) is 12.7. The molecule has 0 bridgehead atoms. The summed E-state index contributed by atoms with van der Waals surface area (Å²) in [6.45, 7) is 22.0. The number of aromatic nitrogens is 2. The molecule has 0 aliphatic heterocycles. The molecule has 4 aromatic rings. The number of thiazole rings is 1. The van der Waals surface area contributed by atoms with Crippen molar-refractivity contribution in [2.45, 2.75) is 80.6 Å². The Hall–Kier alpha value is -3.89. The van der Waals surface area contributed by atoms with E-state index in [1.54, 1.807) is 29.0 Å². The summed E-state index contributed by atoms with van der Waals surface area (Å²) in [5, 5.41) is 10.5. The minimum absolute atomic E-state index is 0.118. The summed E-state index contributed by atoms with van der Waals surface area (Å²) in [6.07, 6.45) is 2.19. The van der Waals surface area contributed by atoms with Gasteiger partial charge in [-0.2, -0.15) is 13.2 Å². The number of carbonyl (C=O) groups is 1. The number of benzene rings is 2. The number of fused-ring (bicyclic) bond motifs is 1. The van der Waals surface area contributed by atoms with Gasteiger partial charge in [0.25, 0.3) is 0 Å². The Kier molecular flexibility index (Phi) is 25.1. The van der Waals surface area contributed by atoms with Crippen LogP contribution in [0.2, 0.25) is 0 Å². The van der Waals surface area contributed by atoms with Crippen molar-refractivity contribution in [3.8, 4) is 16.3 Å². The summed E-state index contributed by atoms with van der Waals surface area (Å²) in [6, 6.07) is 12.3. The van der Waals surface area contributed by atoms with Crippen LogP contribution in [-0.2, 0) is 23.9 Å². The molecule has 2 heterocycles. The van der Waals surface area contributed by atoms with Gasteiger partial charge in [0.2, 0.25) is 0 Å². The molecule has 0 unspecified atom stereocenters. The number of carboxylic acid groups (broad SMARTS) is 1. The Balaban J connectivity index is 0. The summed E-state index contributed by atoms with van der Waals surface area (Å²) >= 11 is 6.29. The highest BCUT2D eigenvalue weighted by Crippen LogP contribution is 2.37. The van der Waals surface area contributed by atoms with E-state index in [-0.39, 0.29) is 12.6 Å². The maximum absolute atomic E-state index is 12.9. The number of hydrogen-bond acceptors (Lipinski definition) is 4. The number of aliphatic carboxylic acids is 1. The zero-order valence-electron chi connectivity index (χ0n) is 29.1. The Morgan fingerprint density at radius 1 is 1.04 bits per heavy atom. The van der Waals surface area contributed by atoms with Crippen LogP contribution in [0, 0.1) is 0 Å². The average molecular weight is 713 g/mol. The van der Waals surface area contributed by atoms with Gasteiger partial charge in [0, 0.05) is 28.2 Å². The minimum atomic E-state index is -4.38. The van der Waals surface area contributed by atoms with Crippen molar-refractivity contribution in [1.29, 1.82) is 0 Å². The van der Waals surface area contributed by atoms with Gasteiger partial charge in [-0.15, -0.1) is 11.3 Å². The number of carboxylic acids is 1. The van der Waals surface area contributed by atoms with Gasteiger partial charge < -0.3 is 14.4 Å². The third-order valence-corrected chi connectivity index (χ3v) is 7.08. The van der Waals surface area contributed by atoms with E-state index in [9.17, 15) is 22.4 Å². The number of nitrogens with zero attached hydrogens (tertiary/aromatic N) is 2. The third kappa shape index (κ3) is 15.8. The van der Waals surface area contributed by atoms with E-state index in [0.717, 1.165) is 39.1 Å². The predicted molar refractivity (Wildman–Crippen MR) is 196 cm³/mol. The first-order chi connectivity index (χ1) is 23.0. The maximum atomic E-state index is 12.9. The zero-order chi connectivity index (χ0) is 37.3. The quantitative estimate of drug-likeness (QED) is 0.139. The van der Waals surface area contributed by atoms with Gasteiger partial charge in [0.05, 0.1) is 16.1 Å². The number of hydrogen-bond donors (Lipinski definition) is 1. The monoisotopic (exact) mass is 712 g/mol. The number of rotatable bonds is 9. The molecule has 1 N–H and O–H groups in total. The molecule has 48 heavy (non-hydrogen) atoms. The van der Waals surface area contributed by atoms with Crippen molar-refractivity contribution in [3.05, 3.63) is 108 Å². The van der Waals surface area contributed by atoms with Crippen LogP contribution in [0.3, 0.4) is 0 Å². The second kappa shape index (κ2) is 26.1. The standard InChI is InChI=1S/C24H21F3N2O3S.C4H6.C3H4ClF.3C2H6/c1-3-19-22(33-23(28-19)15-4-6-17(7-5-15)24(25,26)27)14(2)32-18-8-9-20-16(12-18)10-11-29(20)13-21(30)31;1-3-4-2;4-2-1-3-5;3*1-2/h4-12,14H,3,13H2,1-2H3,(H,30,31);3-4H,1-2H2;1-2H,3H2;3*1-2H3/b;;2-1+;;;/t14-;;;;;/m1...../s1. The lowest BCUT2D eigenvalue weighted by Crippen LogP contribution is -2.07. The third-order valence-electron chi connectivity index (χ3n) is 5.60. The first-order valence-corrected chi connectivity index (χ1v) is 16.9. The van der Waals surface area contributed by atoms with E-state index in [0.29, 0.717) is 22.7 Å². The van der Waals surface area contributed by atoms with Crippen molar-refractivity contribution in [1.82, 2.24) is 9.55 Å². The molecule has 0 saturated heterocycles. The van der Waals surface area contributed by atoms with Crippen molar-refractivity contribution < 1.29 is 32.2 Å². The van der Waals surface area contributed by atoms with Crippen LogP contribution in [0.5, 0.6) is 5.75 Å². The molecule has 0 amide bonds. The van der Waals surface area contributed by atoms with E-state index in [2.05, 4.69) is 18.1 Å². The number of alkyl halides is 4. The zero-order valence-corrected chi connectivity index (χ0v) is 30.6. The second-order valence-electron chi connectivity index (χ2n) is 8.56. The second-order valence-corrected chi connectivity index (χ2v) is 9.85. The molecule has 0 spiro atoms. The number of ether oxygens (including phenoxy) is 1. The number of halogens is 5. The van der Waals surface area contributed by atoms with Gasteiger partial charge in [-0.05, 0) is 55.8 Å². The van der Waals surface area contributed by atoms with E-state index in [1.165, 1.54) is 29.5 Å². The fourth-order valence-electron chi connectivity index (χ4n) is 3.69. The molecule has 2 aromatic heterocycles. The summed E-state index contributed by atoms with van der Waals surface area (Å²) in [5.41, 5.74) is 2.73. The smallest absolute Gasteiger partial charge is 0.416 e. The summed E-state index contributed by atoms with van der Waals surface area (Å²) in [5.74, 6) is -0.280. The molecule has 266 valence electrons. The molecule has 0 radical (unpaired) electrons. The van der Waals surface area contributed by atoms with Crippen molar-refractivity contribution in [2.75, 3.05) is 6.67 Å². The van der Waals surface area contributed by atoms with E-state index < -0.39 is 24.4 Å². The van der Waals surface area contributed by atoms with Crippen molar-refractivity contribution in [2.24, 2.45) is 0 Å². The fourth-order valence-corrected chi connectivity index (χ4v) is 4.89. The normalized spacial score (nSPS) is 10.6. The molecular formula is C37H49ClF4N2O3S. The topological polar surface area (TPSA) is 64.4 Å². The largest absolute Gasteiger partial charge is 0.485 e. The Morgan fingerprint density at radius 2 is 1.62 bits per heavy atom. The van der Waals surface area contributed by atoms with Crippen molar-refractivity contribution in [3.63, 3.8) is 0 Å². The molecule has 11 heteroatoms. The van der Waals surface area contributed by atoms with Crippen LogP contribution < -0.4 is 4.74 Å². The first kappa shape index (κ1) is 46.2. The Bertz CT molecular complexity index is 1490. The van der Waals surface area contributed by atoms with Crippen molar-refractivity contribution >= 4 is 39.8 Å². The van der Waals surface area contributed by atoms with E-state index >= 15 is 0 Å². The van der Waals surface area contributed by atoms with Gasteiger partial charge in [-0.25, -0.2) is 9.37 Å². The fraction of sp³-hybridized carbons (Fsp3) is 0.351. The van der Waals surface area contributed by atoms with Gasteiger partial charge >= 0.3 is 12.1 Å². The highest BCUT2D eigenvalue weighted by atomic mass is 35.5. The van der Waals surface area contributed by atoms with Crippen LogP contribution in [0.15, 0.2) is 91.6 Å². The van der Waals surface area contributed by atoms with Crippen LogP contribution >= 0.6 is 22.9 Å². The van der Waals surface area contributed by atoms with Gasteiger partial charge in [-0.1, -0.05) is 97.5 Å². The lowest BCUT2D eigenvalue weighted by molar-refractivity contribution is -0.138. The number of allylic oxidation sites excluding steroid dienone is 3. The maximum Gasteiger partial charge on any atom is 0.416 e. The summed E-state index contributed by atoms with van der Waals surface area (Å²) in [7, 11) is 0. The van der Waals surface area contributed by atoms with Crippen LogP contribution in [0.4, 0.5) is 17.6 Å². The minimum Gasteiger partial charge on any atom is -0.485 e. The van der Waals surface area contributed by atoms with Crippen LogP contribution in [-0.4, -0.2) is 27.3 Å². The molecule has 0 saturated carbocycles.